The average molecular weight is 299 g/mol. The number of carbonyl (C=O) groups excluding carboxylic acids is 1. The maximum atomic E-state index is 11.9. The Balaban J connectivity index is 2.74. The first-order chi connectivity index (χ1) is 9.23. The van der Waals surface area contributed by atoms with Crippen LogP contribution in [0.5, 0.6) is 0 Å². The zero-order chi connectivity index (χ0) is 15.3. The van der Waals surface area contributed by atoms with Crippen molar-refractivity contribution in [3.8, 4) is 0 Å². The van der Waals surface area contributed by atoms with Crippen LogP contribution in [-0.4, -0.2) is 43.4 Å². The minimum Gasteiger partial charge on any atom is -0.409 e. The van der Waals surface area contributed by atoms with Crippen molar-refractivity contribution in [2.75, 3.05) is 12.0 Å². The molecule has 110 valence electrons. The number of nitrogens with zero attached hydrogens (tertiary/aromatic N) is 1. The number of hydrogen-bond donors (Lipinski definition) is 3. The van der Waals surface area contributed by atoms with Gasteiger partial charge in [0, 0.05) is 23.4 Å². The van der Waals surface area contributed by atoms with Crippen LogP contribution in [0.15, 0.2) is 29.4 Å². The molecule has 0 aliphatic heterocycles. The summed E-state index contributed by atoms with van der Waals surface area (Å²) in [7, 11) is -3.15. The third-order valence-electron chi connectivity index (χ3n) is 2.48. The molecule has 1 aromatic carbocycles. The van der Waals surface area contributed by atoms with Crippen LogP contribution in [0, 0.1) is 0 Å². The maximum Gasteiger partial charge on any atom is 0.251 e. The van der Waals surface area contributed by atoms with Crippen molar-refractivity contribution in [3.63, 3.8) is 0 Å². The van der Waals surface area contributed by atoms with Gasteiger partial charge in [-0.25, -0.2) is 8.42 Å². The number of hydrogen-bond acceptors (Lipinski definition) is 5. The SMILES string of the molecule is CC(CS(C)(=O)=O)NC(=O)c1ccc(C(N)=NO)cc1. The van der Waals surface area contributed by atoms with E-state index in [0.29, 0.717) is 11.1 Å². The van der Waals surface area contributed by atoms with E-state index >= 15 is 0 Å². The van der Waals surface area contributed by atoms with Gasteiger partial charge >= 0.3 is 0 Å². The minimum atomic E-state index is -3.15. The molecule has 1 aromatic rings. The predicted molar refractivity (Wildman–Crippen MR) is 75.6 cm³/mol. The molecule has 0 aliphatic rings. The molecule has 20 heavy (non-hydrogen) atoms. The third-order valence-corrected chi connectivity index (χ3v) is 3.59. The third kappa shape index (κ3) is 4.88. The zero-order valence-electron chi connectivity index (χ0n) is 11.2. The standard InChI is InChI=1S/C12H17N3O4S/c1-8(7-20(2,18)19)14-12(16)10-5-3-9(4-6-10)11(13)15-17/h3-6,8,17H,7H2,1-2H3,(H2,13,15)(H,14,16). The van der Waals surface area contributed by atoms with Crippen LogP contribution in [0.4, 0.5) is 0 Å². The molecule has 0 fully saturated rings. The van der Waals surface area contributed by atoms with Crippen molar-refractivity contribution in [1.82, 2.24) is 5.32 Å². The van der Waals surface area contributed by atoms with E-state index in [1.54, 1.807) is 6.92 Å². The number of nitrogens with two attached hydrogens (primary N) is 1. The fourth-order valence-corrected chi connectivity index (χ4v) is 2.64. The number of sulfone groups is 1. The average Bonchev–Trinajstić information content (AvgIpc) is 2.35. The number of benzene rings is 1. The van der Waals surface area contributed by atoms with E-state index in [0.717, 1.165) is 6.26 Å². The number of amidine groups is 1. The molecule has 1 rings (SSSR count). The Kier molecular flexibility index (Phi) is 5.09. The lowest BCUT2D eigenvalue weighted by Crippen LogP contribution is -2.37. The number of oxime groups is 1. The first-order valence-electron chi connectivity index (χ1n) is 5.79. The summed E-state index contributed by atoms with van der Waals surface area (Å²) in [5.41, 5.74) is 6.24. The molecule has 8 heteroatoms. The molecular weight excluding hydrogens is 282 g/mol. The van der Waals surface area contributed by atoms with Crippen LogP contribution in [-0.2, 0) is 9.84 Å². The van der Waals surface area contributed by atoms with Gasteiger partial charge < -0.3 is 16.3 Å². The van der Waals surface area contributed by atoms with Gasteiger partial charge in [-0.15, -0.1) is 0 Å². The molecular formula is C12H17N3O4S. The van der Waals surface area contributed by atoms with Gasteiger partial charge in [-0.05, 0) is 19.1 Å². The molecule has 1 amide bonds. The summed E-state index contributed by atoms with van der Waals surface area (Å²) in [6.07, 6.45) is 1.11. The van der Waals surface area contributed by atoms with E-state index < -0.39 is 15.9 Å². The summed E-state index contributed by atoms with van der Waals surface area (Å²) in [6, 6.07) is 5.60. The lowest BCUT2D eigenvalue weighted by Gasteiger charge is -2.12. The Labute approximate surface area is 117 Å². The van der Waals surface area contributed by atoms with E-state index in [4.69, 9.17) is 10.9 Å². The summed E-state index contributed by atoms with van der Waals surface area (Å²) < 4.78 is 22.2. The number of rotatable bonds is 5. The molecule has 4 N–H and O–H groups in total. The fraction of sp³-hybridized carbons (Fsp3) is 0.333. The highest BCUT2D eigenvalue weighted by Gasteiger charge is 2.14. The summed E-state index contributed by atoms with van der Waals surface area (Å²) >= 11 is 0. The highest BCUT2D eigenvalue weighted by Crippen LogP contribution is 2.05. The first-order valence-corrected chi connectivity index (χ1v) is 7.85. The van der Waals surface area contributed by atoms with Crippen LogP contribution in [0.1, 0.15) is 22.8 Å². The second-order valence-corrected chi connectivity index (χ2v) is 6.71. The molecule has 1 unspecified atom stereocenters. The van der Waals surface area contributed by atoms with Crippen LogP contribution >= 0.6 is 0 Å². The van der Waals surface area contributed by atoms with Crippen molar-refractivity contribution in [3.05, 3.63) is 35.4 Å². The van der Waals surface area contributed by atoms with E-state index in [1.807, 2.05) is 0 Å². The monoisotopic (exact) mass is 299 g/mol. The van der Waals surface area contributed by atoms with Gasteiger partial charge in [-0.3, -0.25) is 4.79 Å². The van der Waals surface area contributed by atoms with Crippen LogP contribution in [0.3, 0.4) is 0 Å². The summed E-state index contributed by atoms with van der Waals surface area (Å²) in [5, 5.41) is 14.0. The van der Waals surface area contributed by atoms with Crippen molar-refractivity contribution < 1.29 is 18.4 Å². The van der Waals surface area contributed by atoms with Gasteiger partial charge in [0.2, 0.25) is 0 Å². The minimum absolute atomic E-state index is 0.0533. The van der Waals surface area contributed by atoms with Crippen LogP contribution in [0.25, 0.3) is 0 Å². The molecule has 0 heterocycles. The van der Waals surface area contributed by atoms with Gasteiger partial charge in [0.15, 0.2) is 5.84 Å². The Morgan fingerprint density at radius 2 is 1.85 bits per heavy atom. The predicted octanol–water partition coefficient (Wildman–Crippen LogP) is -0.0560. The van der Waals surface area contributed by atoms with Gasteiger partial charge in [-0.2, -0.15) is 0 Å². The van der Waals surface area contributed by atoms with Crippen molar-refractivity contribution in [2.24, 2.45) is 10.9 Å². The Hall–Kier alpha value is -2.09. The number of amides is 1. The van der Waals surface area contributed by atoms with E-state index in [9.17, 15) is 13.2 Å². The highest BCUT2D eigenvalue weighted by molar-refractivity contribution is 7.90. The van der Waals surface area contributed by atoms with E-state index in [1.165, 1.54) is 24.3 Å². The maximum absolute atomic E-state index is 11.9. The number of carbonyl (C=O) groups is 1. The second kappa shape index (κ2) is 6.38. The molecule has 0 saturated carbocycles. The van der Waals surface area contributed by atoms with Gasteiger partial charge in [0.25, 0.3) is 5.91 Å². The fourth-order valence-electron chi connectivity index (χ4n) is 1.65. The van der Waals surface area contributed by atoms with Crippen molar-refractivity contribution in [2.45, 2.75) is 13.0 Å². The molecule has 1 atom stereocenters. The molecule has 0 bridgehead atoms. The van der Waals surface area contributed by atoms with Gasteiger partial charge in [0.1, 0.15) is 9.84 Å². The molecule has 0 aromatic heterocycles. The molecule has 7 nitrogen and oxygen atoms in total. The summed E-state index contributed by atoms with van der Waals surface area (Å²) in [6.45, 7) is 1.61. The molecule has 0 spiro atoms. The molecule has 0 radical (unpaired) electrons. The molecule has 0 aliphatic carbocycles. The van der Waals surface area contributed by atoms with Crippen LogP contribution < -0.4 is 11.1 Å². The lowest BCUT2D eigenvalue weighted by molar-refractivity contribution is 0.0943. The smallest absolute Gasteiger partial charge is 0.251 e. The quantitative estimate of drug-likeness (QED) is 0.304. The van der Waals surface area contributed by atoms with E-state index in [-0.39, 0.29) is 17.5 Å². The van der Waals surface area contributed by atoms with Crippen LogP contribution in [0.2, 0.25) is 0 Å². The Bertz CT molecular complexity index is 608. The van der Waals surface area contributed by atoms with E-state index in [2.05, 4.69) is 10.5 Å². The number of nitrogens with one attached hydrogen (secondary N) is 1. The van der Waals surface area contributed by atoms with Crippen molar-refractivity contribution in [1.29, 1.82) is 0 Å². The normalized spacial score (nSPS) is 13.8. The van der Waals surface area contributed by atoms with Gasteiger partial charge in [-0.1, -0.05) is 17.3 Å². The molecule has 0 saturated heterocycles. The zero-order valence-corrected chi connectivity index (χ0v) is 12.0. The first kappa shape index (κ1) is 16.0. The highest BCUT2D eigenvalue weighted by atomic mass is 32.2. The Morgan fingerprint density at radius 1 is 1.35 bits per heavy atom. The largest absolute Gasteiger partial charge is 0.409 e. The summed E-state index contributed by atoms with van der Waals surface area (Å²) in [4.78, 5) is 11.9. The summed E-state index contributed by atoms with van der Waals surface area (Å²) in [5.74, 6) is -0.560. The topological polar surface area (TPSA) is 122 Å². The Morgan fingerprint density at radius 3 is 2.30 bits per heavy atom. The van der Waals surface area contributed by atoms with Crippen molar-refractivity contribution >= 4 is 21.6 Å². The second-order valence-electron chi connectivity index (χ2n) is 4.53. The lowest BCUT2D eigenvalue weighted by atomic mass is 10.1. The van der Waals surface area contributed by atoms with Gasteiger partial charge in [0.05, 0.1) is 5.75 Å².